The average molecular weight is 502 g/mol. The summed E-state index contributed by atoms with van der Waals surface area (Å²) in [6, 6.07) is 19.5. The molecule has 0 amide bonds. The van der Waals surface area contributed by atoms with Gasteiger partial charge in [0.2, 0.25) is 0 Å². The Hall–Kier alpha value is -2.65. The molecule has 0 aliphatic carbocycles. The van der Waals surface area contributed by atoms with E-state index in [1.165, 1.54) is 116 Å². The maximum atomic E-state index is 10.2. The van der Waals surface area contributed by atoms with Crippen molar-refractivity contribution in [2.75, 3.05) is 0 Å². The summed E-state index contributed by atoms with van der Waals surface area (Å²) in [6.07, 6.45) is 19.9. The summed E-state index contributed by atoms with van der Waals surface area (Å²) in [6.45, 7) is 2.27. The van der Waals surface area contributed by atoms with Crippen LogP contribution in [-0.4, -0.2) is 5.97 Å². The van der Waals surface area contributed by atoms with Crippen LogP contribution in [0.2, 0.25) is 0 Å². The SMILES string of the molecule is CCCCCCCCCCCCCCCCCC(=O)[O-].[NH3+]c1ccc2ccc3cccc4ccc1c2c34. The molecule has 0 saturated carbocycles. The highest BCUT2D eigenvalue weighted by atomic mass is 16.4. The quantitative estimate of drug-likeness (QED) is 0.124. The smallest absolute Gasteiger partial charge is 0.135 e. The molecule has 4 aromatic carbocycles. The molecule has 0 atom stereocenters. The lowest BCUT2D eigenvalue weighted by atomic mass is 9.94. The molecule has 200 valence electrons. The molecule has 3 heteroatoms. The van der Waals surface area contributed by atoms with Crippen LogP contribution in [0.1, 0.15) is 110 Å². The van der Waals surface area contributed by atoms with Crippen molar-refractivity contribution in [1.29, 1.82) is 0 Å². The van der Waals surface area contributed by atoms with Crippen LogP contribution in [0.4, 0.5) is 5.69 Å². The largest absolute Gasteiger partial charge is 0.550 e. The lowest BCUT2D eigenvalue weighted by molar-refractivity contribution is -0.305. The van der Waals surface area contributed by atoms with Gasteiger partial charge in [-0.15, -0.1) is 0 Å². The van der Waals surface area contributed by atoms with E-state index in [0.29, 0.717) is 0 Å². The Balaban J connectivity index is 0.000000206. The van der Waals surface area contributed by atoms with E-state index in [-0.39, 0.29) is 6.42 Å². The van der Waals surface area contributed by atoms with E-state index in [1.807, 2.05) is 0 Å². The summed E-state index contributed by atoms with van der Waals surface area (Å²) in [7, 11) is 0. The van der Waals surface area contributed by atoms with E-state index in [2.05, 4.69) is 67.3 Å². The van der Waals surface area contributed by atoms with Gasteiger partial charge in [0.1, 0.15) is 5.69 Å². The second-order valence-electron chi connectivity index (χ2n) is 10.7. The first-order valence-electron chi connectivity index (χ1n) is 14.8. The van der Waals surface area contributed by atoms with Crippen molar-refractivity contribution in [3.8, 4) is 0 Å². The molecule has 0 bridgehead atoms. The molecule has 0 aliphatic rings. The number of benzene rings is 4. The van der Waals surface area contributed by atoms with Crippen LogP contribution >= 0.6 is 0 Å². The lowest BCUT2D eigenvalue weighted by Gasteiger charge is -2.10. The summed E-state index contributed by atoms with van der Waals surface area (Å²) in [5, 5.41) is 18.1. The van der Waals surface area contributed by atoms with Crippen LogP contribution in [0.3, 0.4) is 0 Å². The number of carboxylic acid groups (broad SMARTS) is 1. The molecule has 4 aromatic rings. The Morgan fingerprint density at radius 1 is 0.595 bits per heavy atom. The zero-order valence-electron chi connectivity index (χ0n) is 23.0. The van der Waals surface area contributed by atoms with Crippen molar-refractivity contribution in [3.05, 3.63) is 54.6 Å². The number of aliphatic carboxylic acids is 1. The van der Waals surface area contributed by atoms with Crippen molar-refractivity contribution >= 4 is 44.0 Å². The lowest BCUT2D eigenvalue weighted by Crippen LogP contribution is -2.40. The maximum absolute atomic E-state index is 10.2. The topological polar surface area (TPSA) is 67.8 Å². The highest BCUT2D eigenvalue weighted by Crippen LogP contribution is 2.36. The molecule has 0 unspecified atom stereocenters. The van der Waals surface area contributed by atoms with Crippen molar-refractivity contribution in [3.63, 3.8) is 0 Å². The Morgan fingerprint density at radius 3 is 1.54 bits per heavy atom. The third-order valence-corrected chi connectivity index (χ3v) is 7.60. The normalized spacial score (nSPS) is 11.3. The van der Waals surface area contributed by atoms with E-state index in [4.69, 9.17) is 0 Å². The summed E-state index contributed by atoms with van der Waals surface area (Å²) >= 11 is 0. The van der Waals surface area contributed by atoms with Crippen LogP contribution in [0.5, 0.6) is 0 Å². The van der Waals surface area contributed by atoms with Crippen molar-refractivity contribution in [1.82, 2.24) is 0 Å². The number of hydrogen-bond donors (Lipinski definition) is 1. The van der Waals surface area contributed by atoms with E-state index >= 15 is 0 Å². The van der Waals surface area contributed by atoms with Crippen molar-refractivity contribution < 1.29 is 15.6 Å². The number of quaternary nitrogens is 1. The molecule has 4 rings (SSSR count). The molecule has 0 heterocycles. The average Bonchev–Trinajstić information content (AvgIpc) is 2.91. The number of carboxylic acids is 1. The van der Waals surface area contributed by atoms with Crippen LogP contribution < -0.4 is 10.8 Å². The Kier molecular flexibility index (Phi) is 12.7. The maximum Gasteiger partial charge on any atom is 0.135 e. The minimum absolute atomic E-state index is 0.234. The zero-order valence-corrected chi connectivity index (χ0v) is 23.0. The van der Waals surface area contributed by atoms with Crippen molar-refractivity contribution in [2.45, 2.75) is 110 Å². The van der Waals surface area contributed by atoms with Gasteiger partial charge in [0, 0.05) is 22.8 Å². The number of unbranched alkanes of at least 4 members (excludes halogenated alkanes) is 14. The Labute approximate surface area is 223 Å². The molecule has 3 nitrogen and oxygen atoms in total. The third kappa shape index (κ3) is 9.31. The van der Waals surface area contributed by atoms with Gasteiger partial charge in [-0.1, -0.05) is 133 Å². The van der Waals surface area contributed by atoms with Gasteiger partial charge < -0.3 is 15.6 Å². The zero-order chi connectivity index (χ0) is 26.3. The van der Waals surface area contributed by atoms with Crippen LogP contribution in [0.25, 0.3) is 32.3 Å². The Bertz CT molecular complexity index is 1180. The minimum Gasteiger partial charge on any atom is -0.550 e. The predicted molar refractivity (Wildman–Crippen MR) is 157 cm³/mol. The molecule has 37 heavy (non-hydrogen) atoms. The number of rotatable bonds is 16. The highest BCUT2D eigenvalue weighted by molar-refractivity contribution is 6.24. The van der Waals surface area contributed by atoms with Gasteiger partial charge in [-0.05, 0) is 46.5 Å². The van der Waals surface area contributed by atoms with E-state index < -0.39 is 5.97 Å². The first-order chi connectivity index (χ1) is 18.1. The molecule has 0 radical (unpaired) electrons. The summed E-state index contributed by atoms with van der Waals surface area (Å²) in [5.74, 6) is -0.903. The van der Waals surface area contributed by atoms with Gasteiger partial charge in [0.15, 0.2) is 0 Å². The molecular weight excluding hydrogens is 454 g/mol. The molecule has 3 N–H and O–H groups in total. The molecule has 0 saturated heterocycles. The molecular formula is C34H47NO2. The van der Waals surface area contributed by atoms with Gasteiger partial charge in [-0.25, -0.2) is 0 Å². The first kappa shape index (κ1) is 28.9. The van der Waals surface area contributed by atoms with E-state index in [0.717, 1.165) is 18.5 Å². The molecule has 0 aliphatic heterocycles. The monoisotopic (exact) mass is 501 g/mol. The third-order valence-electron chi connectivity index (χ3n) is 7.60. The molecule has 0 aromatic heterocycles. The fourth-order valence-corrected chi connectivity index (χ4v) is 5.44. The van der Waals surface area contributed by atoms with E-state index in [1.54, 1.807) is 0 Å². The van der Waals surface area contributed by atoms with Crippen LogP contribution in [0.15, 0.2) is 54.6 Å². The van der Waals surface area contributed by atoms with Gasteiger partial charge in [0.25, 0.3) is 0 Å². The van der Waals surface area contributed by atoms with Crippen LogP contribution in [0, 0.1) is 0 Å². The summed E-state index contributed by atoms with van der Waals surface area (Å²) in [4.78, 5) is 10.2. The molecule has 0 fully saturated rings. The number of carbonyl (C=O) groups excluding carboxylic acids is 1. The standard InChI is InChI=1S/C18H36O2.C16H11N/c1-2-3-4-5-6-7-8-9-10-11-12-13-14-15-16-17-18(19)20;17-14-9-7-12-5-4-10-2-1-3-11-6-8-13(14)16(12)15(10)11/h2-17H2,1H3,(H,19,20);1-9H,17H2. The predicted octanol–water partition coefficient (Wildman–Crippen LogP) is 8.46. The first-order valence-corrected chi connectivity index (χ1v) is 14.8. The summed E-state index contributed by atoms with van der Waals surface area (Å²) < 4.78 is 0. The van der Waals surface area contributed by atoms with Crippen molar-refractivity contribution in [2.24, 2.45) is 0 Å². The van der Waals surface area contributed by atoms with Gasteiger partial charge in [-0.2, -0.15) is 0 Å². The fraction of sp³-hybridized carbons (Fsp3) is 0.500. The number of carbonyl (C=O) groups is 1. The fourth-order valence-electron chi connectivity index (χ4n) is 5.44. The Morgan fingerprint density at radius 2 is 1.03 bits per heavy atom. The van der Waals surface area contributed by atoms with E-state index in [9.17, 15) is 9.90 Å². The van der Waals surface area contributed by atoms with Crippen LogP contribution in [-0.2, 0) is 4.79 Å². The number of hydrogen-bond acceptors (Lipinski definition) is 2. The highest BCUT2D eigenvalue weighted by Gasteiger charge is 2.10. The van der Waals surface area contributed by atoms with Gasteiger partial charge in [0.05, 0.1) is 0 Å². The second-order valence-corrected chi connectivity index (χ2v) is 10.7. The van der Waals surface area contributed by atoms with Gasteiger partial charge >= 0.3 is 0 Å². The summed E-state index contributed by atoms with van der Waals surface area (Å²) in [5.41, 5.74) is 5.23. The van der Waals surface area contributed by atoms with Gasteiger partial charge in [-0.3, -0.25) is 0 Å². The minimum atomic E-state index is -0.903. The molecule has 0 spiro atoms. The second kappa shape index (κ2) is 16.2.